The Morgan fingerprint density at radius 1 is 1.06 bits per heavy atom. The summed E-state index contributed by atoms with van der Waals surface area (Å²) in [5.41, 5.74) is 1.95. The number of hydrogen-bond donors (Lipinski definition) is 0. The molecule has 0 N–H and O–H groups in total. The van der Waals surface area contributed by atoms with Crippen molar-refractivity contribution in [3.8, 4) is 5.75 Å². The molecule has 0 fully saturated rings. The zero-order valence-electron chi connectivity index (χ0n) is 9.73. The Bertz CT molecular complexity index is 562. The third kappa shape index (κ3) is 3.38. The van der Waals surface area contributed by atoms with E-state index in [9.17, 15) is 8.78 Å². The molecular formula is C14H11F2NO. The van der Waals surface area contributed by atoms with Crippen LogP contribution in [-0.2, 0) is 0 Å². The molecule has 2 nitrogen and oxygen atoms in total. The molecular weight excluding hydrogens is 236 g/mol. The third-order valence-electron chi connectivity index (χ3n) is 2.24. The maximum absolute atomic E-state index is 12.9. The van der Waals surface area contributed by atoms with Gasteiger partial charge in [-0.05, 0) is 12.5 Å². The fourth-order valence-electron chi connectivity index (χ4n) is 1.48. The van der Waals surface area contributed by atoms with Gasteiger partial charge in [-0.1, -0.05) is 35.0 Å². The van der Waals surface area contributed by atoms with Crippen molar-refractivity contribution in [3.05, 3.63) is 65.2 Å². The van der Waals surface area contributed by atoms with E-state index < -0.39 is 11.6 Å². The van der Waals surface area contributed by atoms with Crippen LogP contribution in [0.5, 0.6) is 5.75 Å². The Hall–Kier alpha value is -2.23. The molecule has 0 radical (unpaired) electrons. The van der Waals surface area contributed by atoms with Crippen molar-refractivity contribution in [3.63, 3.8) is 0 Å². The van der Waals surface area contributed by atoms with Gasteiger partial charge >= 0.3 is 0 Å². The summed E-state index contributed by atoms with van der Waals surface area (Å²) >= 11 is 0. The number of oxime groups is 1. The Morgan fingerprint density at radius 3 is 2.44 bits per heavy atom. The van der Waals surface area contributed by atoms with Gasteiger partial charge in [-0.3, -0.25) is 0 Å². The van der Waals surface area contributed by atoms with Crippen LogP contribution < -0.4 is 4.84 Å². The standard InChI is InChI=1S/C14H11F2NO/c1-10-3-2-4-11(5-10)9-17-18-14-7-12(15)6-13(16)8-14/h2-9H,1H3/b17-9-. The highest BCUT2D eigenvalue weighted by Crippen LogP contribution is 2.15. The van der Waals surface area contributed by atoms with Gasteiger partial charge in [-0.25, -0.2) is 8.78 Å². The van der Waals surface area contributed by atoms with Gasteiger partial charge in [0.2, 0.25) is 0 Å². The summed E-state index contributed by atoms with van der Waals surface area (Å²) in [6.07, 6.45) is 1.48. The number of halogens is 2. The second kappa shape index (κ2) is 5.40. The van der Waals surface area contributed by atoms with Crippen LogP contribution in [0.25, 0.3) is 0 Å². The van der Waals surface area contributed by atoms with Crippen molar-refractivity contribution < 1.29 is 13.6 Å². The molecule has 0 aromatic heterocycles. The minimum atomic E-state index is -0.698. The van der Waals surface area contributed by atoms with Crippen molar-refractivity contribution in [2.45, 2.75) is 6.92 Å². The highest BCUT2D eigenvalue weighted by Gasteiger charge is 2.00. The summed E-state index contributed by atoms with van der Waals surface area (Å²) in [7, 11) is 0. The van der Waals surface area contributed by atoms with Crippen LogP contribution in [0.15, 0.2) is 47.6 Å². The topological polar surface area (TPSA) is 21.6 Å². The van der Waals surface area contributed by atoms with E-state index >= 15 is 0 Å². The normalized spacial score (nSPS) is 10.8. The number of benzene rings is 2. The summed E-state index contributed by atoms with van der Waals surface area (Å²) in [6.45, 7) is 1.96. The fourth-order valence-corrected chi connectivity index (χ4v) is 1.48. The second-order valence-electron chi connectivity index (χ2n) is 3.85. The van der Waals surface area contributed by atoms with E-state index in [-0.39, 0.29) is 5.75 Å². The van der Waals surface area contributed by atoms with Crippen LogP contribution in [0.4, 0.5) is 8.78 Å². The van der Waals surface area contributed by atoms with Crippen LogP contribution in [0.1, 0.15) is 11.1 Å². The number of rotatable bonds is 3. The van der Waals surface area contributed by atoms with Crippen molar-refractivity contribution in [2.24, 2.45) is 5.16 Å². The first-order valence-electron chi connectivity index (χ1n) is 5.36. The predicted octanol–water partition coefficient (Wildman–Crippen LogP) is 3.69. The van der Waals surface area contributed by atoms with Gasteiger partial charge in [-0.2, -0.15) is 0 Å². The zero-order chi connectivity index (χ0) is 13.0. The molecule has 92 valence electrons. The van der Waals surface area contributed by atoms with Crippen molar-refractivity contribution >= 4 is 6.21 Å². The molecule has 0 aliphatic heterocycles. The molecule has 2 aromatic rings. The lowest BCUT2D eigenvalue weighted by atomic mass is 10.2. The molecule has 0 amide bonds. The van der Waals surface area contributed by atoms with Crippen molar-refractivity contribution in [2.75, 3.05) is 0 Å². The highest BCUT2D eigenvalue weighted by atomic mass is 19.1. The zero-order valence-corrected chi connectivity index (χ0v) is 9.73. The van der Waals surface area contributed by atoms with Gasteiger partial charge in [-0.15, -0.1) is 0 Å². The highest BCUT2D eigenvalue weighted by molar-refractivity contribution is 5.79. The lowest BCUT2D eigenvalue weighted by Crippen LogP contribution is -1.89. The first kappa shape index (κ1) is 12.2. The molecule has 0 aliphatic rings. The summed E-state index contributed by atoms with van der Waals surface area (Å²) in [5, 5.41) is 3.68. The molecule has 0 unspecified atom stereocenters. The average molecular weight is 247 g/mol. The number of aryl methyl sites for hydroxylation is 1. The van der Waals surface area contributed by atoms with Gasteiger partial charge in [0.05, 0.1) is 6.21 Å². The maximum atomic E-state index is 12.9. The van der Waals surface area contributed by atoms with Crippen LogP contribution in [0.2, 0.25) is 0 Å². The molecule has 0 heterocycles. The molecule has 2 aromatic carbocycles. The second-order valence-corrected chi connectivity index (χ2v) is 3.85. The van der Waals surface area contributed by atoms with Gasteiger partial charge in [0.15, 0.2) is 5.75 Å². The molecule has 18 heavy (non-hydrogen) atoms. The first-order chi connectivity index (χ1) is 8.63. The number of hydrogen-bond acceptors (Lipinski definition) is 2. The first-order valence-corrected chi connectivity index (χ1v) is 5.36. The minimum Gasteiger partial charge on any atom is -0.357 e. The Balaban J connectivity index is 2.07. The molecule has 0 saturated heterocycles. The third-order valence-corrected chi connectivity index (χ3v) is 2.24. The molecule has 0 bridgehead atoms. The monoisotopic (exact) mass is 247 g/mol. The van der Waals surface area contributed by atoms with Crippen molar-refractivity contribution in [1.29, 1.82) is 0 Å². The largest absolute Gasteiger partial charge is 0.357 e. The molecule has 0 spiro atoms. The average Bonchev–Trinajstić information content (AvgIpc) is 2.27. The lowest BCUT2D eigenvalue weighted by Gasteiger charge is -1.99. The van der Waals surface area contributed by atoms with E-state index in [4.69, 9.17) is 4.84 Å². The van der Waals surface area contributed by atoms with Crippen molar-refractivity contribution in [1.82, 2.24) is 0 Å². The van der Waals surface area contributed by atoms with E-state index in [0.29, 0.717) is 0 Å². The molecule has 0 aliphatic carbocycles. The van der Waals surface area contributed by atoms with Gasteiger partial charge < -0.3 is 4.84 Å². The molecule has 4 heteroatoms. The molecule has 2 rings (SSSR count). The smallest absolute Gasteiger partial charge is 0.163 e. The van der Waals surface area contributed by atoms with E-state index in [1.54, 1.807) is 0 Å². The fraction of sp³-hybridized carbons (Fsp3) is 0.0714. The Labute approximate surface area is 104 Å². The summed E-state index contributed by atoms with van der Waals surface area (Å²) in [6, 6.07) is 10.5. The Kier molecular flexibility index (Phi) is 3.67. The quantitative estimate of drug-likeness (QED) is 0.598. The van der Waals surface area contributed by atoms with Gasteiger partial charge in [0.25, 0.3) is 0 Å². The van der Waals surface area contributed by atoms with Crippen LogP contribution in [0, 0.1) is 18.6 Å². The van der Waals surface area contributed by atoms with E-state index in [1.165, 1.54) is 6.21 Å². The molecule has 0 saturated carbocycles. The van der Waals surface area contributed by atoms with Crippen LogP contribution in [-0.4, -0.2) is 6.21 Å². The lowest BCUT2D eigenvalue weighted by molar-refractivity contribution is 0.339. The van der Waals surface area contributed by atoms with E-state index in [0.717, 1.165) is 29.3 Å². The SMILES string of the molecule is Cc1cccc(/C=N\Oc2cc(F)cc(F)c2)c1. The van der Waals surface area contributed by atoms with E-state index in [2.05, 4.69) is 5.16 Å². The summed E-state index contributed by atoms with van der Waals surface area (Å²) in [4.78, 5) is 4.90. The maximum Gasteiger partial charge on any atom is 0.163 e. The minimum absolute atomic E-state index is 0.0244. The predicted molar refractivity (Wildman–Crippen MR) is 65.8 cm³/mol. The summed E-state index contributed by atoms with van der Waals surface area (Å²) in [5.74, 6) is -1.37. The van der Waals surface area contributed by atoms with Gasteiger partial charge in [0.1, 0.15) is 11.6 Å². The van der Waals surface area contributed by atoms with Crippen LogP contribution >= 0.6 is 0 Å². The molecule has 0 atom stereocenters. The van der Waals surface area contributed by atoms with Gasteiger partial charge in [0, 0.05) is 18.2 Å². The Morgan fingerprint density at radius 2 is 1.78 bits per heavy atom. The summed E-state index contributed by atoms with van der Waals surface area (Å²) < 4.78 is 25.7. The number of nitrogens with zero attached hydrogens (tertiary/aromatic N) is 1. The van der Waals surface area contributed by atoms with E-state index in [1.807, 2.05) is 31.2 Å². The van der Waals surface area contributed by atoms with Crippen LogP contribution in [0.3, 0.4) is 0 Å².